The van der Waals surface area contributed by atoms with Gasteiger partial charge in [0.2, 0.25) is 0 Å². The first-order chi connectivity index (χ1) is 6.37. The smallest absolute Gasteiger partial charge is 0.410 e. The van der Waals surface area contributed by atoms with Crippen molar-refractivity contribution in [2.75, 3.05) is 24.7 Å². The van der Waals surface area contributed by atoms with Gasteiger partial charge in [-0.05, 0) is 20.8 Å². The molecule has 0 saturated heterocycles. The zero-order valence-electron chi connectivity index (χ0n) is 9.26. The molecule has 1 amide bonds. The van der Waals surface area contributed by atoms with Crippen LogP contribution in [0.15, 0.2) is 0 Å². The molecule has 0 aliphatic rings. The molecule has 0 aliphatic heterocycles. The number of amides is 1. The lowest BCUT2D eigenvalue weighted by Crippen LogP contribution is -2.37. The predicted molar refractivity (Wildman–Crippen MR) is 65.8 cm³/mol. The van der Waals surface area contributed by atoms with Crippen LogP contribution in [0.1, 0.15) is 20.8 Å². The molecule has 0 aromatic heterocycles. The minimum absolute atomic E-state index is 0.271. The summed E-state index contributed by atoms with van der Waals surface area (Å²) in [5.41, 5.74) is -0.415. The van der Waals surface area contributed by atoms with E-state index in [0.717, 1.165) is 11.1 Å². The summed E-state index contributed by atoms with van der Waals surface area (Å²) in [5, 5.41) is 3.13. The van der Waals surface area contributed by atoms with Crippen LogP contribution in [0.2, 0.25) is 0 Å². The number of alkyl halides is 1. The lowest BCUT2D eigenvalue weighted by Gasteiger charge is -2.24. The van der Waals surface area contributed by atoms with Crippen molar-refractivity contribution in [2.45, 2.75) is 26.4 Å². The Morgan fingerprint density at radius 1 is 1.50 bits per heavy atom. The van der Waals surface area contributed by atoms with E-state index < -0.39 is 5.60 Å². The number of ether oxygens (including phenoxy) is 1. The fourth-order valence-electron chi connectivity index (χ4n) is 0.745. The second-order valence-electron chi connectivity index (χ2n) is 4.04. The third-order valence-corrected chi connectivity index (χ3v) is 1.96. The van der Waals surface area contributed by atoms with Crippen LogP contribution >= 0.6 is 22.6 Å². The molecule has 0 aromatic carbocycles. The normalized spacial score (nSPS) is 11.2. The Hall–Kier alpha value is -0.0400. The first-order valence-corrected chi connectivity index (χ1v) is 6.10. The molecule has 0 rings (SSSR count). The maximum Gasteiger partial charge on any atom is 0.410 e. The molecule has 0 unspecified atom stereocenters. The number of hydrogen-bond donors (Lipinski definition) is 1. The van der Waals surface area contributed by atoms with Gasteiger partial charge in [-0.1, -0.05) is 22.6 Å². The average Bonchev–Trinajstić information content (AvgIpc) is 2.01. The second kappa shape index (κ2) is 6.44. The quantitative estimate of drug-likeness (QED) is 0.373. The van der Waals surface area contributed by atoms with Crippen LogP contribution < -0.4 is 5.32 Å². The molecule has 0 radical (unpaired) electrons. The van der Waals surface area contributed by atoms with Gasteiger partial charge in [-0.15, -0.1) is 0 Å². The Kier molecular flexibility index (Phi) is 6.43. The molecule has 0 heterocycles. The second-order valence-corrected chi connectivity index (χ2v) is 4.80. The van der Waals surface area contributed by atoms with E-state index in [1.54, 1.807) is 11.9 Å². The van der Waals surface area contributed by atoms with Gasteiger partial charge in [0.15, 0.2) is 0 Å². The van der Waals surface area contributed by atoms with Gasteiger partial charge in [0.05, 0.1) is 0 Å². The third-order valence-electron chi connectivity index (χ3n) is 1.42. The Balaban J connectivity index is 3.77. The Bertz CT molecular complexity index is 180. The van der Waals surface area contributed by atoms with E-state index in [1.807, 2.05) is 20.8 Å². The number of nitrogens with one attached hydrogen (secondary N) is 1. The van der Waals surface area contributed by atoms with Crippen LogP contribution in [-0.4, -0.2) is 41.3 Å². The van der Waals surface area contributed by atoms with Crippen LogP contribution in [0.4, 0.5) is 4.79 Å². The van der Waals surface area contributed by atoms with Crippen LogP contribution in [0.25, 0.3) is 0 Å². The molecular weight excluding hydrogens is 295 g/mol. The summed E-state index contributed by atoms with van der Waals surface area (Å²) in [5.74, 6) is 0. The summed E-state index contributed by atoms with van der Waals surface area (Å²) in [4.78, 5) is 13.0. The van der Waals surface area contributed by atoms with E-state index in [4.69, 9.17) is 4.74 Å². The SMILES string of the molecule is CN(CCNCI)C(=O)OC(C)(C)C. The molecule has 0 atom stereocenters. The molecule has 14 heavy (non-hydrogen) atoms. The number of halogens is 1. The highest BCUT2D eigenvalue weighted by atomic mass is 127. The van der Waals surface area contributed by atoms with E-state index in [2.05, 4.69) is 27.9 Å². The lowest BCUT2D eigenvalue weighted by molar-refractivity contribution is 0.0301. The van der Waals surface area contributed by atoms with Crippen LogP contribution in [0.5, 0.6) is 0 Å². The van der Waals surface area contributed by atoms with Gasteiger partial charge >= 0.3 is 6.09 Å². The maximum atomic E-state index is 11.4. The van der Waals surface area contributed by atoms with Gasteiger partial charge in [-0.25, -0.2) is 4.79 Å². The largest absolute Gasteiger partial charge is 0.444 e. The predicted octanol–water partition coefficient (Wildman–Crippen LogP) is 1.84. The Morgan fingerprint density at radius 3 is 2.50 bits per heavy atom. The molecule has 0 spiro atoms. The van der Waals surface area contributed by atoms with E-state index in [-0.39, 0.29) is 6.09 Å². The van der Waals surface area contributed by atoms with Gasteiger partial charge in [-0.3, -0.25) is 0 Å². The van der Waals surface area contributed by atoms with Crippen molar-refractivity contribution >= 4 is 28.7 Å². The fourth-order valence-corrected chi connectivity index (χ4v) is 1.13. The number of carbonyl (C=O) groups excluding carboxylic acids is 1. The molecule has 0 fully saturated rings. The zero-order chi connectivity index (χ0) is 11.2. The highest BCUT2D eigenvalue weighted by molar-refractivity contribution is 14.1. The third kappa shape index (κ3) is 7.37. The van der Waals surface area contributed by atoms with E-state index in [1.165, 1.54) is 0 Å². The van der Waals surface area contributed by atoms with E-state index in [0.29, 0.717) is 6.54 Å². The highest BCUT2D eigenvalue weighted by Crippen LogP contribution is 2.08. The van der Waals surface area contributed by atoms with Gasteiger partial charge in [-0.2, -0.15) is 0 Å². The molecule has 1 N–H and O–H groups in total. The van der Waals surface area contributed by atoms with Crippen LogP contribution in [-0.2, 0) is 4.74 Å². The lowest BCUT2D eigenvalue weighted by atomic mass is 10.2. The highest BCUT2D eigenvalue weighted by Gasteiger charge is 2.18. The van der Waals surface area contributed by atoms with Crippen molar-refractivity contribution in [1.29, 1.82) is 0 Å². The maximum absolute atomic E-state index is 11.4. The first-order valence-electron chi connectivity index (χ1n) is 4.57. The van der Waals surface area contributed by atoms with Crippen molar-refractivity contribution in [3.63, 3.8) is 0 Å². The number of rotatable bonds is 4. The van der Waals surface area contributed by atoms with Crippen molar-refractivity contribution in [3.05, 3.63) is 0 Å². The van der Waals surface area contributed by atoms with Crippen LogP contribution in [0.3, 0.4) is 0 Å². The zero-order valence-corrected chi connectivity index (χ0v) is 11.4. The minimum Gasteiger partial charge on any atom is -0.444 e. The summed E-state index contributed by atoms with van der Waals surface area (Å²) in [7, 11) is 1.74. The topological polar surface area (TPSA) is 41.6 Å². The average molecular weight is 314 g/mol. The molecule has 4 nitrogen and oxygen atoms in total. The molecule has 5 heteroatoms. The number of hydrogen-bond acceptors (Lipinski definition) is 3. The van der Waals surface area contributed by atoms with Gasteiger partial charge in [0.1, 0.15) is 5.60 Å². The summed E-state index contributed by atoms with van der Waals surface area (Å²) >= 11 is 2.23. The summed E-state index contributed by atoms with van der Waals surface area (Å²) < 4.78 is 6.08. The molecule has 0 aliphatic carbocycles. The van der Waals surface area contributed by atoms with Gasteiger partial charge in [0.25, 0.3) is 0 Å². The fraction of sp³-hybridized carbons (Fsp3) is 0.889. The van der Waals surface area contributed by atoms with Gasteiger partial charge < -0.3 is 15.0 Å². The Morgan fingerprint density at radius 2 is 2.07 bits per heavy atom. The number of carbonyl (C=O) groups is 1. The van der Waals surface area contributed by atoms with Crippen molar-refractivity contribution < 1.29 is 9.53 Å². The molecule has 0 bridgehead atoms. The van der Waals surface area contributed by atoms with Crippen LogP contribution in [0, 0.1) is 0 Å². The summed E-state index contributed by atoms with van der Waals surface area (Å²) in [6, 6.07) is 0. The standard InChI is InChI=1S/C9H19IN2O2/c1-9(2,3)14-8(13)12(4)6-5-11-7-10/h11H,5-7H2,1-4H3. The molecule has 0 aromatic rings. The Labute approximate surface area is 99.5 Å². The summed E-state index contributed by atoms with van der Waals surface area (Å²) in [6.45, 7) is 7.04. The molecular formula is C9H19IN2O2. The first kappa shape index (κ1) is 14.0. The van der Waals surface area contributed by atoms with E-state index in [9.17, 15) is 4.79 Å². The van der Waals surface area contributed by atoms with Crippen molar-refractivity contribution in [2.24, 2.45) is 0 Å². The number of nitrogens with zero attached hydrogens (tertiary/aromatic N) is 1. The van der Waals surface area contributed by atoms with Crippen molar-refractivity contribution in [3.8, 4) is 0 Å². The summed E-state index contributed by atoms with van der Waals surface area (Å²) in [6.07, 6.45) is -0.271. The van der Waals surface area contributed by atoms with Gasteiger partial charge in [0, 0.05) is 24.7 Å². The number of likely N-dealkylation sites (N-methyl/N-ethyl adjacent to an activating group) is 1. The molecule has 0 saturated carbocycles. The monoisotopic (exact) mass is 314 g/mol. The minimum atomic E-state index is -0.415. The van der Waals surface area contributed by atoms with Crippen molar-refractivity contribution in [1.82, 2.24) is 10.2 Å². The molecule has 84 valence electrons. The van der Waals surface area contributed by atoms with E-state index >= 15 is 0 Å².